The van der Waals surface area contributed by atoms with E-state index < -0.39 is 10.0 Å². The van der Waals surface area contributed by atoms with Crippen molar-refractivity contribution in [1.82, 2.24) is 4.72 Å². The number of unbranched alkanes of at least 4 members (excludes halogenated alkanes) is 1. The molecule has 0 aromatic rings. The van der Waals surface area contributed by atoms with Gasteiger partial charge in [0.1, 0.15) is 0 Å². The first-order valence-electron chi connectivity index (χ1n) is 5.74. The molecule has 1 N–H and O–H groups in total. The van der Waals surface area contributed by atoms with Crippen LogP contribution in [0.15, 0.2) is 0 Å². The fourth-order valence-corrected chi connectivity index (χ4v) is 2.52. The van der Waals surface area contributed by atoms with E-state index in [0.717, 1.165) is 25.7 Å². The van der Waals surface area contributed by atoms with Gasteiger partial charge in [-0.25, -0.2) is 13.1 Å². The summed E-state index contributed by atoms with van der Waals surface area (Å²) in [4.78, 5) is 0. The van der Waals surface area contributed by atoms with Crippen LogP contribution in [0.25, 0.3) is 0 Å². The molecule has 92 valence electrons. The zero-order valence-electron chi connectivity index (χ0n) is 10.5. The molecular formula is C11H25NO2S. The molecule has 0 fully saturated rings. The highest BCUT2D eigenvalue weighted by Crippen LogP contribution is 2.19. The van der Waals surface area contributed by atoms with Gasteiger partial charge in [0.05, 0.1) is 5.75 Å². The Kier molecular flexibility index (Phi) is 6.44. The van der Waals surface area contributed by atoms with Crippen LogP contribution in [0, 0.1) is 5.41 Å². The van der Waals surface area contributed by atoms with Crippen molar-refractivity contribution < 1.29 is 8.42 Å². The Morgan fingerprint density at radius 1 is 1.13 bits per heavy atom. The van der Waals surface area contributed by atoms with Crippen molar-refractivity contribution in [2.45, 2.75) is 53.4 Å². The first-order valence-corrected chi connectivity index (χ1v) is 7.39. The summed E-state index contributed by atoms with van der Waals surface area (Å²) in [5, 5.41) is 0. The van der Waals surface area contributed by atoms with Crippen molar-refractivity contribution >= 4 is 10.0 Å². The Bertz CT molecular complexity index is 252. The molecule has 4 heteroatoms. The van der Waals surface area contributed by atoms with E-state index in [4.69, 9.17) is 0 Å². The van der Waals surface area contributed by atoms with Gasteiger partial charge in [0.2, 0.25) is 10.0 Å². The van der Waals surface area contributed by atoms with E-state index >= 15 is 0 Å². The van der Waals surface area contributed by atoms with E-state index in [9.17, 15) is 8.42 Å². The van der Waals surface area contributed by atoms with E-state index in [2.05, 4.69) is 25.5 Å². The third kappa shape index (κ3) is 10.2. The summed E-state index contributed by atoms with van der Waals surface area (Å²) in [7, 11) is -3.01. The summed E-state index contributed by atoms with van der Waals surface area (Å²) < 4.78 is 25.4. The molecule has 0 bridgehead atoms. The minimum atomic E-state index is -3.01. The molecule has 0 saturated carbocycles. The summed E-state index contributed by atoms with van der Waals surface area (Å²) in [6, 6.07) is 0. The molecule has 0 saturated heterocycles. The fourth-order valence-electron chi connectivity index (χ4n) is 1.25. The lowest BCUT2D eigenvalue weighted by atomic mass is 9.91. The van der Waals surface area contributed by atoms with Crippen LogP contribution in [0.1, 0.15) is 53.4 Å². The molecule has 0 spiro atoms. The predicted octanol–water partition coefficient (Wildman–Crippen LogP) is 2.53. The highest BCUT2D eigenvalue weighted by Gasteiger charge is 2.11. The Labute approximate surface area is 94.7 Å². The van der Waals surface area contributed by atoms with E-state index in [-0.39, 0.29) is 11.2 Å². The minimum Gasteiger partial charge on any atom is -0.215 e. The van der Waals surface area contributed by atoms with Gasteiger partial charge >= 0.3 is 0 Å². The van der Waals surface area contributed by atoms with Crippen LogP contribution >= 0.6 is 0 Å². The fraction of sp³-hybridized carbons (Fsp3) is 1.00. The minimum absolute atomic E-state index is 0.263. The molecule has 0 unspecified atom stereocenters. The maximum Gasteiger partial charge on any atom is 0.211 e. The van der Waals surface area contributed by atoms with Gasteiger partial charge in [0, 0.05) is 6.54 Å². The maximum atomic E-state index is 11.4. The van der Waals surface area contributed by atoms with Gasteiger partial charge in [0.25, 0.3) is 0 Å². The lowest BCUT2D eigenvalue weighted by molar-refractivity contribution is 0.365. The summed E-state index contributed by atoms with van der Waals surface area (Å²) in [6.07, 6.45) is 3.62. The Balaban J connectivity index is 3.67. The van der Waals surface area contributed by atoms with Crippen LogP contribution in [0.5, 0.6) is 0 Å². The van der Waals surface area contributed by atoms with Gasteiger partial charge in [-0.15, -0.1) is 0 Å². The van der Waals surface area contributed by atoms with Crippen LogP contribution in [0.3, 0.4) is 0 Å². The zero-order chi connectivity index (χ0) is 11.9. The van der Waals surface area contributed by atoms with Crippen molar-refractivity contribution in [1.29, 1.82) is 0 Å². The smallest absolute Gasteiger partial charge is 0.211 e. The largest absolute Gasteiger partial charge is 0.215 e. The second-order valence-corrected chi connectivity index (χ2v) is 7.16. The van der Waals surface area contributed by atoms with Crippen molar-refractivity contribution in [3.8, 4) is 0 Å². The second kappa shape index (κ2) is 6.48. The molecule has 0 rings (SSSR count). The molecule has 3 nitrogen and oxygen atoms in total. The normalized spacial score (nSPS) is 13.1. The second-order valence-electron chi connectivity index (χ2n) is 5.23. The monoisotopic (exact) mass is 235 g/mol. The molecule has 0 aromatic heterocycles. The SMILES string of the molecule is CCCCS(=O)(=O)NCCCC(C)(C)C. The molecule has 0 heterocycles. The van der Waals surface area contributed by atoms with Crippen LogP contribution < -0.4 is 4.72 Å². The molecule has 0 aliphatic heterocycles. The lowest BCUT2D eigenvalue weighted by Gasteiger charge is -2.17. The van der Waals surface area contributed by atoms with Crippen molar-refractivity contribution in [3.63, 3.8) is 0 Å². The number of sulfonamides is 1. The van der Waals surface area contributed by atoms with Crippen molar-refractivity contribution in [2.24, 2.45) is 5.41 Å². The number of rotatable bonds is 7. The van der Waals surface area contributed by atoms with Crippen LogP contribution in [0.2, 0.25) is 0 Å². The summed E-state index contributed by atoms with van der Waals surface area (Å²) in [5.74, 6) is 0.263. The summed E-state index contributed by atoms with van der Waals surface area (Å²) in [5.41, 5.74) is 0.287. The van der Waals surface area contributed by atoms with Crippen LogP contribution in [-0.4, -0.2) is 20.7 Å². The van der Waals surface area contributed by atoms with Gasteiger partial charge in [0.15, 0.2) is 0 Å². The van der Waals surface area contributed by atoms with Crippen LogP contribution in [-0.2, 0) is 10.0 Å². The molecule has 0 atom stereocenters. The standard InChI is InChI=1S/C11H25NO2S/c1-5-6-10-15(13,14)12-9-7-8-11(2,3)4/h12H,5-10H2,1-4H3. The predicted molar refractivity (Wildman–Crippen MR) is 65.4 cm³/mol. The number of nitrogens with one attached hydrogen (secondary N) is 1. The van der Waals surface area contributed by atoms with Gasteiger partial charge in [-0.2, -0.15) is 0 Å². The number of hydrogen-bond acceptors (Lipinski definition) is 2. The molecule has 0 radical (unpaired) electrons. The first kappa shape index (κ1) is 14.9. The quantitative estimate of drug-likeness (QED) is 0.689. The van der Waals surface area contributed by atoms with Gasteiger partial charge in [-0.05, 0) is 24.7 Å². The third-order valence-corrected chi connectivity index (χ3v) is 3.66. The number of hydrogen-bond donors (Lipinski definition) is 1. The highest BCUT2D eigenvalue weighted by molar-refractivity contribution is 7.89. The Hall–Kier alpha value is -0.0900. The molecule has 0 aromatic carbocycles. The van der Waals surface area contributed by atoms with Gasteiger partial charge in [-0.3, -0.25) is 0 Å². The Morgan fingerprint density at radius 3 is 2.20 bits per heavy atom. The Morgan fingerprint density at radius 2 is 1.73 bits per heavy atom. The van der Waals surface area contributed by atoms with Gasteiger partial charge < -0.3 is 0 Å². The van der Waals surface area contributed by atoms with Crippen LogP contribution in [0.4, 0.5) is 0 Å². The van der Waals surface area contributed by atoms with E-state index in [1.807, 2.05) is 6.92 Å². The summed E-state index contributed by atoms with van der Waals surface area (Å²) in [6.45, 7) is 9.06. The average molecular weight is 235 g/mol. The molecule has 0 aliphatic rings. The third-order valence-electron chi connectivity index (χ3n) is 2.19. The highest BCUT2D eigenvalue weighted by atomic mass is 32.2. The lowest BCUT2D eigenvalue weighted by Crippen LogP contribution is -2.27. The van der Waals surface area contributed by atoms with Gasteiger partial charge in [-0.1, -0.05) is 34.1 Å². The maximum absolute atomic E-state index is 11.4. The van der Waals surface area contributed by atoms with E-state index in [1.165, 1.54) is 0 Å². The average Bonchev–Trinajstić information content (AvgIpc) is 2.08. The molecule has 15 heavy (non-hydrogen) atoms. The molecule has 0 aliphatic carbocycles. The van der Waals surface area contributed by atoms with E-state index in [1.54, 1.807) is 0 Å². The molecule has 0 amide bonds. The zero-order valence-corrected chi connectivity index (χ0v) is 11.3. The topological polar surface area (TPSA) is 46.2 Å². The summed E-state index contributed by atoms with van der Waals surface area (Å²) >= 11 is 0. The first-order chi connectivity index (χ1) is 6.77. The van der Waals surface area contributed by atoms with Crippen molar-refractivity contribution in [3.05, 3.63) is 0 Å². The molecular weight excluding hydrogens is 210 g/mol. The van der Waals surface area contributed by atoms with E-state index in [0.29, 0.717) is 6.54 Å². The van der Waals surface area contributed by atoms with Crippen molar-refractivity contribution in [2.75, 3.05) is 12.3 Å².